The maximum Gasteiger partial charge on any atom is 0.303 e. The smallest absolute Gasteiger partial charge is 0.303 e. The monoisotopic (exact) mass is 471 g/mol. The minimum atomic E-state index is -0.737. The lowest BCUT2D eigenvalue weighted by Crippen LogP contribution is -2.16. The number of carboxylic acid groups (broad SMARTS) is 1. The number of anilines is 1. The molecule has 0 bridgehead atoms. The van der Waals surface area contributed by atoms with Gasteiger partial charge in [0.1, 0.15) is 16.6 Å². The van der Waals surface area contributed by atoms with Crippen molar-refractivity contribution in [1.29, 1.82) is 0 Å². The van der Waals surface area contributed by atoms with Crippen molar-refractivity contribution < 1.29 is 23.5 Å². The summed E-state index contributed by atoms with van der Waals surface area (Å²) in [5.41, 5.74) is 2.08. The predicted molar refractivity (Wildman–Crippen MR) is 120 cm³/mol. The normalized spacial score (nSPS) is 18.1. The Morgan fingerprint density at radius 3 is 2.30 bits per heavy atom. The SMILES string of the molecule is O=C(O)C[C@H]1CC[C@H](c2ccc(C(=O)Nc3nnc(Cc4cc(F)cc(F)c4)s3)cc2)CC1. The quantitative estimate of drug-likeness (QED) is 0.481. The van der Waals surface area contributed by atoms with Crippen molar-refractivity contribution in [3.8, 4) is 0 Å². The Hall–Kier alpha value is -3.20. The summed E-state index contributed by atoms with van der Waals surface area (Å²) >= 11 is 1.15. The van der Waals surface area contributed by atoms with Crippen molar-refractivity contribution in [3.63, 3.8) is 0 Å². The van der Waals surface area contributed by atoms with E-state index in [2.05, 4.69) is 15.5 Å². The molecule has 33 heavy (non-hydrogen) atoms. The van der Waals surface area contributed by atoms with E-state index < -0.39 is 17.6 Å². The largest absolute Gasteiger partial charge is 0.481 e. The number of carbonyl (C=O) groups is 2. The van der Waals surface area contributed by atoms with E-state index in [0.29, 0.717) is 27.2 Å². The molecule has 1 amide bonds. The zero-order chi connectivity index (χ0) is 23.4. The van der Waals surface area contributed by atoms with Crippen molar-refractivity contribution in [1.82, 2.24) is 10.2 Å². The van der Waals surface area contributed by atoms with E-state index in [0.717, 1.165) is 48.6 Å². The van der Waals surface area contributed by atoms with Gasteiger partial charge in [0.05, 0.1) is 0 Å². The molecule has 1 aliphatic carbocycles. The van der Waals surface area contributed by atoms with E-state index in [9.17, 15) is 18.4 Å². The van der Waals surface area contributed by atoms with Gasteiger partial charge < -0.3 is 5.11 Å². The van der Waals surface area contributed by atoms with Crippen LogP contribution in [0.5, 0.6) is 0 Å². The molecule has 1 saturated carbocycles. The Kier molecular flexibility index (Phi) is 7.08. The Labute approximate surface area is 193 Å². The molecule has 3 aromatic rings. The lowest BCUT2D eigenvalue weighted by atomic mass is 9.77. The molecule has 0 unspecified atom stereocenters. The second-order valence-electron chi connectivity index (χ2n) is 8.35. The summed E-state index contributed by atoms with van der Waals surface area (Å²) < 4.78 is 26.7. The third-order valence-electron chi connectivity index (χ3n) is 5.92. The highest BCUT2D eigenvalue weighted by Gasteiger charge is 2.24. The molecular formula is C24H23F2N3O3S. The third-order valence-corrected chi connectivity index (χ3v) is 6.76. The first-order valence-electron chi connectivity index (χ1n) is 10.8. The van der Waals surface area contributed by atoms with Crippen LogP contribution in [0, 0.1) is 17.6 Å². The minimum Gasteiger partial charge on any atom is -0.481 e. The molecule has 4 rings (SSSR count). The van der Waals surface area contributed by atoms with Crippen molar-refractivity contribution in [2.75, 3.05) is 5.32 Å². The molecule has 0 radical (unpaired) electrons. The fourth-order valence-corrected chi connectivity index (χ4v) is 5.06. The van der Waals surface area contributed by atoms with Gasteiger partial charge in [0.25, 0.3) is 5.91 Å². The average molecular weight is 472 g/mol. The van der Waals surface area contributed by atoms with E-state index in [1.54, 1.807) is 12.1 Å². The summed E-state index contributed by atoms with van der Waals surface area (Å²) in [5, 5.41) is 20.4. The van der Waals surface area contributed by atoms with Crippen LogP contribution in [0.1, 0.15) is 64.5 Å². The number of halogens is 2. The second kappa shape index (κ2) is 10.2. The first-order chi connectivity index (χ1) is 15.9. The van der Waals surface area contributed by atoms with Gasteiger partial charge in [-0.15, -0.1) is 10.2 Å². The highest BCUT2D eigenvalue weighted by molar-refractivity contribution is 7.15. The van der Waals surface area contributed by atoms with E-state index in [1.807, 2.05) is 12.1 Å². The van der Waals surface area contributed by atoms with Crippen LogP contribution in [-0.2, 0) is 11.2 Å². The number of rotatable bonds is 7. The molecular weight excluding hydrogens is 448 g/mol. The molecule has 172 valence electrons. The lowest BCUT2D eigenvalue weighted by Gasteiger charge is -2.28. The lowest BCUT2D eigenvalue weighted by molar-refractivity contribution is -0.138. The molecule has 2 N–H and O–H groups in total. The molecule has 9 heteroatoms. The highest BCUT2D eigenvalue weighted by Crippen LogP contribution is 2.37. The number of benzene rings is 2. The minimum absolute atomic E-state index is 0.214. The van der Waals surface area contributed by atoms with Crippen molar-refractivity contribution >= 4 is 28.3 Å². The number of hydrogen-bond acceptors (Lipinski definition) is 5. The van der Waals surface area contributed by atoms with Crippen molar-refractivity contribution in [2.45, 2.75) is 44.4 Å². The molecule has 1 heterocycles. The van der Waals surface area contributed by atoms with Crippen LogP contribution in [0.4, 0.5) is 13.9 Å². The maximum absolute atomic E-state index is 13.4. The van der Waals surface area contributed by atoms with E-state index >= 15 is 0 Å². The molecule has 0 spiro atoms. The van der Waals surface area contributed by atoms with Gasteiger partial charge in [0.2, 0.25) is 5.13 Å². The Bertz CT molecular complexity index is 1120. The first-order valence-corrected chi connectivity index (χ1v) is 11.6. The number of nitrogens with one attached hydrogen (secondary N) is 1. The zero-order valence-electron chi connectivity index (χ0n) is 17.8. The van der Waals surface area contributed by atoms with Gasteiger partial charge in [-0.2, -0.15) is 0 Å². The number of carbonyl (C=O) groups excluding carboxylic acids is 1. The summed E-state index contributed by atoms with van der Waals surface area (Å²) in [7, 11) is 0. The van der Waals surface area contributed by atoms with Crippen LogP contribution >= 0.6 is 11.3 Å². The fraction of sp³-hybridized carbons (Fsp3) is 0.333. The number of carboxylic acids is 1. The van der Waals surface area contributed by atoms with Crippen molar-refractivity contribution in [2.24, 2.45) is 5.92 Å². The summed E-state index contributed by atoms with van der Waals surface area (Å²) in [6.07, 6.45) is 4.16. The van der Waals surface area contributed by atoms with Gasteiger partial charge in [0, 0.05) is 24.5 Å². The van der Waals surface area contributed by atoms with Gasteiger partial charge in [-0.3, -0.25) is 14.9 Å². The van der Waals surface area contributed by atoms with Crippen LogP contribution in [0.15, 0.2) is 42.5 Å². The summed E-state index contributed by atoms with van der Waals surface area (Å²) in [6.45, 7) is 0. The fourth-order valence-electron chi connectivity index (χ4n) is 4.29. The number of aromatic nitrogens is 2. The molecule has 0 saturated heterocycles. The average Bonchev–Trinajstić information content (AvgIpc) is 3.20. The van der Waals surface area contributed by atoms with Crippen LogP contribution in [0.3, 0.4) is 0 Å². The topological polar surface area (TPSA) is 92.2 Å². The molecule has 0 atom stereocenters. The molecule has 1 fully saturated rings. The third kappa shape index (κ3) is 6.19. The van der Waals surface area contributed by atoms with Gasteiger partial charge >= 0.3 is 5.97 Å². The Balaban J connectivity index is 1.32. The van der Waals surface area contributed by atoms with Crippen LogP contribution in [0.2, 0.25) is 0 Å². The van der Waals surface area contributed by atoms with E-state index in [4.69, 9.17) is 5.11 Å². The Morgan fingerprint density at radius 2 is 1.67 bits per heavy atom. The molecule has 1 aliphatic rings. The number of nitrogens with zero attached hydrogens (tertiary/aromatic N) is 2. The Morgan fingerprint density at radius 1 is 1.00 bits per heavy atom. The predicted octanol–water partition coefficient (Wildman–Crippen LogP) is 5.41. The van der Waals surface area contributed by atoms with Gasteiger partial charge in [-0.1, -0.05) is 23.5 Å². The van der Waals surface area contributed by atoms with E-state index in [1.165, 1.54) is 12.1 Å². The number of hydrogen-bond donors (Lipinski definition) is 2. The van der Waals surface area contributed by atoms with Gasteiger partial charge in [-0.05, 0) is 72.9 Å². The van der Waals surface area contributed by atoms with Crippen LogP contribution in [-0.4, -0.2) is 27.2 Å². The van der Waals surface area contributed by atoms with Crippen LogP contribution in [0.25, 0.3) is 0 Å². The summed E-state index contributed by atoms with van der Waals surface area (Å²) in [5.74, 6) is -1.73. The van der Waals surface area contributed by atoms with E-state index in [-0.39, 0.29) is 24.7 Å². The summed E-state index contributed by atoms with van der Waals surface area (Å²) in [6, 6.07) is 10.7. The number of aliphatic carboxylic acids is 1. The van der Waals surface area contributed by atoms with Crippen molar-refractivity contribution in [3.05, 3.63) is 75.8 Å². The van der Waals surface area contributed by atoms with Gasteiger partial charge in [0.15, 0.2) is 0 Å². The first kappa shape index (κ1) is 23.0. The number of amides is 1. The van der Waals surface area contributed by atoms with Crippen LogP contribution < -0.4 is 5.32 Å². The zero-order valence-corrected chi connectivity index (χ0v) is 18.6. The molecule has 0 aliphatic heterocycles. The molecule has 1 aromatic heterocycles. The van der Waals surface area contributed by atoms with Gasteiger partial charge in [-0.25, -0.2) is 8.78 Å². The molecule has 6 nitrogen and oxygen atoms in total. The summed E-state index contributed by atoms with van der Waals surface area (Å²) in [4.78, 5) is 23.5. The standard InChI is InChI=1S/C24H23F2N3O3S/c25-19-9-15(10-20(26)13-19)11-21-28-29-24(33-21)27-23(32)18-7-5-17(6-8-18)16-3-1-14(2-4-16)12-22(30)31/h5-10,13-14,16H,1-4,11-12H2,(H,30,31)(H,27,29,32)/t14-,16-. The second-order valence-corrected chi connectivity index (χ2v) is 9.41. The maximum atomic E-state index is 13.4. The molecule has 2 aromatic carbocycles. The highest BCUT2D eigenvalue weighted by atomic mass is 32.1.